The number of carbonyl (C=O) groups is 2. The monoisotopic (exact) mass is 351 g/mol. The summed E-state index contributed by atoms with van der Waals surface area (Å²) in [5.41, 5.74) is 0. The molecule has 22 heavy (non-hydrogen) atoms. The van der Waals surface area contributed by atoms with Gasteiger partial charge < -0.3 is 4.74 Å². The summed E-state index contributed by atoms with van der Waals surface area (Å²) in [5, 5.41) is -0.287. The molecule has 1 heterocycles. The number of hydrogen-bond donors (Lipinski definition) is 0. The minimum absolute atomic E-state index is 0. The molecule has 6 heteroatoms. The minimum Gasteiger partial charge on any atom is -0.461 e. The number of esters is 1. The Bertz CT molecular complexity index is 359. The van der Waals surface area contributed by atoms with Crippen LogP contribution >= 0.6 is 24.0 Å². The standard InChI is InChI=1S/C16H26ClNO3.ClH/c17-15(19)10-9-13-6-4-5-11-18(13)12-16(20)21-14-7-2-1-3-8-14;/h13-14H,1-12H2;1H. The van der Waals surface area contributed by atoms with Crippen molar-refractivity contribution in [3.63, 3.8) is 0 Å². The highest BCUT2D eigenvalue weighted by Crippen LogP contribution is 2.23. The Kier molecular flexibility index (Phi) is 9.37. The van der Waals surface area contributed by atoms with Gasteiger partial charge in [-0.25, -0.2) is 0 Å². The molecule has 0 aromatic rings. The zero-order chi connectivity index (χ0) is 15.1. The molecular formula is C16H27Cl2NO3. The summed E-state index contributed by atoms with van der Waals surface area (Å²) in [4.78, 5) is 25.2. The van der Waals surface area contributed by atoms with Gasteiger partial charge >= 0.3 is 5.97 Å². The third-order valence-electron chi connectivity index (χ3n) is 4.61. The average molecular weight is 352 g/mol. The Labute approximate surface area is 144 Å². The first kappa shape index (κ1) is 19.7. The lowest BCUT2D eigenvalue weighted by molar-refractivity contribution is -0.152. The largest absolute Gasteiger partial charge is 0.461 e. The van der Waals surface area contributed by atoms with Crippen LogP contribution in [0.5, 0.6) is 0 Å². The molecule has 2 aliphatic rings. The van der Waals surface area contributed by atoms with Crippen LogP contribution < -0.4 is 0 Å². The molecule has 1 aliphatic heterocycles. The first-order chi connectivity index (χ1) is 10.1. The zero-order valence-electron chi connectivity index (χ0n) is 13.1. The molecule has 1 aliphatic carbocycles. The Morgan fingerprint density at radius 1 is 1.05 bits per heavy atom. The average Bonchev–Trinajstić information content (AvgIpc) is 2.47. The number of rotatable bonds is 6. The van der Waals surface area contributed by atoms with E-state index in [2.05, 4.69) is 4.90 Å². The smallest absolute Gasteiger partial charge is 0.320 e. The SMILES string of the molecule is Cl.O=C(Cl)CCC1CCCCN1CC(=O)OC1CCCCC1. The summed E-state index contributed by atoms with van der Waals surface area (Å²) in [6, 6.07) is 0.292. The fourth-order valence-electron chi connectivity index (χ4n) is 3.45. The Hall–Kier alpha value is -0.320. The summed E-state index contributed by atoms with van der Waals surface area (Å²) in [7, 11) is 0. The van der Waals surface area contributed by atoms with Gasteiger partial charge in [0.2, 0.25) is 5.24 Å². The van der Waals surface area contributed by atoms with Crippen molar-refractivity contribution < 1.29 is 14.3 Å². The predicted molar refractivity (Wildman–Crippen MR) is 89.5 cm³/mol. The van der Waals surface area contributed by atoms with Crippen LogP contribution in [-0.4, -0.2) is 41.3 Å². The normalized spacial score (nSPS) is 23.6. The number of nitrogens with zero attached hydrogens (tertiary/aromatic N) is 1. The van der Waals surface area contributed by atoms with Crippen molar-refractivity contribution in [3.8, 4) is 0 Å². The summed E-state index contributed by atoms with van der Waals surface area (Å²) in [6.07, 6.45) is 10.2. The molecule has 1 saturated heterocycles. The molecule has 128 valence electrons. The quantitative estimate of drug-likeness (QED) is 0.540. The maximum Gasteiger partial charge on any atom is 0.320 e. The molecule has 0 aromatic heterocycles. The van der Waals surface area contributed by atoms with Gasteiger partial charge in [0.1, 0.15) is 6.10 Å². The van der Waals surface area contributed by atoms with Gasteiger partial charge in [-0.1, -0.05) is 12.8 Å². The Morgan fingerprint density at radius 2 is 1.73 bits per heavy atom. The first-order valence-corrected chi connectivity index (χ1v) is 8.65. The highest BCUT2D eigenvalue weighted by atomic mass is 35.5. The van der Waals surface area contributed by atoms with Crippen LogP contribution in [0.25, 0.3) is 0 Å². The number of hydrogen-bond acceptors (Lipinski definition) is 4. The third-order valence-corrected chi connectivity index (χ3v) is 4.79. The van der Waals surface area contributed by atoms with Crippen molar-refractivity contribution in [1.82, 2.24) is 4.90 Å². The molecule has 0 aromatic carbocycles. The van der Waals surface area contributed by atoms with Crippen LogP contribution in [0, 0.1) is 0 Å². The Balaban J connectivity index is 0.00000242. The number of halogens is 2. The van der Waals surface area contributed by atoms with Crippen LogP contribution in [0.2, 0.25) is 0 Å². The van der Waals surface area contributed by atoms with E-state index in [1.807, 2.05) is 0 Å². The van der Waals surface area contributed by atoms with Crippen LogP contribution in [-0.2, 0) is 14.3 Å². The van der Waals surface area contributed by atoms with Gasteiger partial charge in [0.15, 0.2) is 0 Å². The molecule has 1 saturated carbocycles. The lowest BCUT2D eigenvalue weighted by Crippen LogP contribution is -2.43. The number of ether oxygens (including phenoxy) is 1. The van der Waals surface area contributed by atoms with Crippen LogP contribution in [0.15, 0.2) is 0 Å². The molecule has 1 atom stereocenters. The Morgan fingerprint density at radius 3 is 2.41 bits per heavy atom. The van der Waals surface area contributed by atoms with E-state index in [1.165, 1.54) is 19.3 Å². The molecule has 1 unspecified atom stereocenters. The van der Waals surface area contributed by atoms with E-state index in [4.69, 9.17) is 16.3 Å². The van der Waals surface area contributed by atoms with Crippen molar-refractivity contribution in [2.45, 2.75) is 76.4 Å². The molecule has 0 amide bonds. The number of piperidine rings is 1. The molecule has 0 spiro atoms. The fourth-order valence-corrected chi connectivity index (χ4v) is 3.56. The van der Waals surface area contributed by atoms with Crippen molar-refractivity contribution in [2.75, 3.05) is 13.1 Å². The number of likely N-dealkylation sites (tertiary alicyclic amines) is 1. The number of carbonyl (C=O) groups excluding carboxylic acids is 2. The summed E-state index contributed by atoms with van der Waals surface area (Å²) >= 11 is 5.43. The van der Waals surface area contributed by atoms with Gasteiger partial charge in [0.05, 0.1) is 6.54 Å². The molecule has 0 N–H and O–H groups in total. The van der Waals surface area contributed by atoms with Gasteiger partial charge in [-0.3, -0.25) is 14.5 Å². The predicted octanol–water partition coefficient (Wildman–Crippen LogP) is 3.68. The molecule has 0 radical (unpaired) electrons. The summed E-state index contributed by atoms with van der Waals surface area (Å²) in [6.45, 7) is 1.28. The zero-order valence-corrected chi connectivity index (χ0v) is 14.7. The second-order valence-corrected chi connectivity index (χ2v) is 6.69. The van der Waals surface area contributed by atoms with Gasteiger partial charge in [-0.2, -0.15) is 0 Å². The van der Waals surface area contributed by atoms with E-state index in [9.17, 15) is 9.59 Å². The molecule has 0 bridgehead atoms. The van der Waals surface area contributed by atoms with Crippen LogP contribution in [0.3, 0.4) is 0 Å². The second-order valence-electron chi connectivity index (χ2n) is 6.26. The lowest BCUT2D eigenvalue weighted by atomic mass is 9.97. The molecular weight excluding hydrogens is 325 g/mol. The van der Waals surface area contributed by atoms with Crippen LogP contribution in [0.4, 0.5) is 0 Å². The molecule has 4 nitrogen and oxygen atoms in total. The van der Waals surface area contributed by atoms with Crippen LogP contribution in [0.1, 0.15) is 64.2 Å². The van der Waals surface area contributed by atoms with Gasteiger partial charge in [0.25, 0.3) is 0 Å². The van der Waals surface area contributed by atoms with Gasteiger partial charge in [0, 0.05) is 12.5 Å². The van der Waals surface area contributed by atoms with E-state index in [1.54, 1.807) is 0 Å². The minimum atomic E-state index is -0.287. The summed E-state index contributed by atoms with van der Waals surface area (Å²) in [5.74, 6) is -0.106. The van der Waals surface area contributed by atoms with Crippen molar-refractivity contribution in [3.05, 3.63) is 0 Å². The van der Waals surface area contributed by atoms with E-state index in [0.29, 0.717) is 19.0 Å². The fraction of sp³-hybridized carbons (Fsp3) is 0.875. The second kappa shape index (κ2) is 10.5. The maximum atomic E-state index is 12.1. The van der Waals surface area contributed by atoms with Crippen molar-refractivity contribution in [1.29, 1.82) is 0 Å². The van der Waals surface area contributed by atoms with Gasteiger partial charge in [-0.15, -0.1) is 12.4 Å². The maximum absolute atomic E-state index is 12.1. The highest BCUT2D eigenvalue weighted by molar-refractivity contribution is 6.63. The van der Waals surface area contributed by atoms with E-state index < -0.39 is 0 Å². The highest BCUT2D eigenvalue weighted by Gasteiger charge is 2.26. The lowest BCUT2D eigenvalue weighted by Gasteiger charge is -2.35. The van der Waals surface area contributed by atoms with Crippen molar-refractivity contribution >= 4 is 35.2 Å². The van der Waals surface area contributed by atoms with E-state index in [-0.39, 0.29) is 29.7 Å². The molecule has 2 rings (SSSR count). The topological polar surface area (TPSA) is 46.6 Å². The molecule has 2 fully saturated rings. The van der Waals surface area contributed by atoms with E-state index >= 15 is 0 Å². The van der Waals surface area contributed by atoms with Gasteiger partial charge in [-0.05, 0) is 63.1 Å². The summed E-state index contributed by atoms with van der Waals surface area (Å²) < 4.78 is 5.59. The third kappa shape index (κ3) is 6.84. The van der Waals surface area contributed by atoms with E-state index in [0.717, 1.165) is 45.1 Å². The van der Waals surface area contributed by atoms with Crippen molar-refractivity contribution in [2.24, 2.45) is 0 Å². The first-order valence-electron chi connectivity index (χ1n) is 8.27.